The summed E-state index contributed by atoms with van der Waals surface area (Å²) in [6, 6.07) is 8.07. The molecule has 0 bridgehead atoms. The standard InChI is InChI=1S/C19H19N5OS/c1-23-9-8-20-16(23)10-24(2)18-17-15(11-26-19(17)22-12-21-18)13-4-6-14(25-3)7-5-13/h4-9,11-12H,10H2,1-3H3. The number of imidazole rings is 1. The number of hydrogen-bond donors (Lipinski definition) is 0. The Bertz CT molecular complexity index is 1040. The highest BCUT2D eigenvalue weighted by molar-refractivity contribution is 7.17. The molecule has 0 amide bonds. The van der Waals surface area contributed by atoms with E-state index in [0.717, 1.165) is 38.7 Å². The Morgan fingerprint density at radius 1 is 1.15 bits per heavy atom. The van der Waals surface area contributed by atoms with Gasteiger partial charge in [0.2, 0.25) is 0 Å². The van der Waals surface area contributed by atoms with Crippen LogP contribution < -0.4 is 9.64 Å². The topological polar surface area (TPSA) is 56.1 Å². The van der Waals surface area contributed by atoms with Crippen LogP contribution >= 0.6 is 11.3 Å². The average molecular weight is 365 g/mol. The Balaban J connectivity index is 1.77. The van der Waals surface area contributed by atoms with Gasteiger partial charge >= 0.3 is 0 Å². The second-order valence-corrected chi connectivity index (χ2v) is 6.92. The van der Waals surface area contributed by atoms with E-state index in [9.17, 15) is 0 Å². The third-order valence-electron chi connectivity index (χ3n) is 4.41. The summed E-state index contributed by atoms with van der Waals surface area (Å²) in [5.41, 5.74) is 2.26. The second kappa shape index (κ2) is 6.76. The largest absolute Gasteiger partial charge is 0.497 e. The highest BCUT2D eigenvalue weighted by atomic mass is 32.1. The van der Waals surface area contributed by atoms with E-state index in [1.54, 1.807) is 24.8 Å². The van der Waals surface area contributed by atoms with Gasteiger partial charge in [0.15, 0.2) is 0 Å². The molecule has 7 heteroatoms. The summed E-state index contributed by atoms with van der Waals surface area (Å²) in [5, 5.41) is 3.21. The van der Waals surface area contributed by atoms with Crippen molar-refractivity contribution in [3.63, 3.8) is 0 Å². The maximum Gasteiger partial charge on any atom is 0.141 e. The van der Waals surface area contributed by atoms with Crippen molar-refractivity contribution in [2.24, 2.45) is 7.05 Å². The summed E-state index contributed by atoms with van der Waals surface area (Å²) in [5.74, 6) is 2.74. The summed E-state index contributed by atoms with van der Waals surface area (Å²) in [6.45, 7) is 0.674. The van der Waals surface area contributed by atoms with Gasteiger partial charge in [-0.2, -0.15) is 0 Å². The van der Waals surface area contributed by atoms with Gasteiger partial charge < -0.3 is 14.2 Å². The molecule has 4 aromatic rings. The molecule has 4 rings (SSSR count). The van der Waals surface area contributed by atoms with Crippen molar-refractivity contribution in [3.05, 3.63) is 54.2 Å². The first-order chi connectivity index (χ1) is 12.7. The van der Waals surface area contributed by atoms with Crippen molar-refractivity contribution in [2.45, 2.75) is 6.54 Å². The molecule has 0 aliphatic heterocycles. The van der Waals surface area contributed by atoms with Crippen molar-refractivity contribution < 1.29 is 4.74 Å². The van der Waals surface area contributed by atoms with Crippen LogP contribution in [0.4, 0.5) is 5.82 Å². The first-order valence-electron chi connectivity index (χ1n) is 8.21. The normalized spacial score (nSPS) is 11.0. The van der Waals surface area contributed by atoms with Crippen molar-refractivity contribution in [1.29, 1.82) is 0 Å². The molecule has 0 spiro atoms. The molecule has 0 radical (unpaired) electrons. The Morgan fingerprint density at radius 3 is 2.65 bits per heavy atom. The molecule has 0 unspecified atom stereocenters. The van der Waals surface area contributed by atoms with Crippen LogP contribution in [0.3, 0.4) is 0 Å². The van der Waals surface area contributed by atoms with Gasteiger partial charge in [-0.25, -0.2) is 15.0 Å². The quantitative estimate of drug-likeness (QED) is 0.539. The fourth-order valence-corrected chi connectivity index (χ4v) is 3.88. The molecule has 0 aliphatic rings. The maximum absolute atomic E-state index is 5.27. The number of aryl methyl sites for hydroxylation is 1. The Hall–Kier alpha value is -2.93. The number of fused-ring (bicyclic) bond motifs is 1. The fourth-order valence-electron chi connectivity index (χ4n) is 2.97. The lowest BCUT2D eigenvalue weighted by Crippen LogP contribution is -2.20. The average Bonchev–Trinajstić information content (AvgIpc) is 3.28. The third-order valence-corrected chi connectivity index (χ3v) is 5.30. The molecule has 26 heavy (non-hydrogen) atoms. The van der Waals surface area contributed by atoms with E-state index in [-0.39, 0.29) is 0 Å². The number of benzene rings is 1. The van der Waals surface area contributed by atoms with Gasteiger partial charge in [-0.3, -0.25) is 0 Å². The van der Waals surface area contributed by atoms with Crippen LogP contribution in [-0.4, -0.2) is 33.7 Å². The van der Waals surface area contributed by atoms with Crippen LogP contribution in [0.1, 0.15) is 5.82 Å². The maximum atomic E-state index is 5.27. The van der Waals surface area contributed by atoms with Crippen molar-refractivity contribution in [3.8, 4) is 16.9 Å². The SMILES string of the molecule is COc1ccc(-c2csc3ncnc(N(C)Cc4nccn4C)c23)cc1. The van der Waals surface area contributed by atoms with Crippen LogP contribution in [-0.2, 0) is 13.6 Å². The van der Waals surface area contributed by atoms with Crippen molar-refractivity contribution in [2.75, 3.05) is 19.1 Å². The third kappa shape index (κ3) is 2.90. The second-order valence-electron chi connectivity index (χ2n) is 6.07. The van der Waals surface area contributed by atoms with Crippen LogP contribution in [0.5, 0.6) is 5.75 Å². The van der Waals surface area contributed by atoms with E-state index in [1.165, 1.54) is 0 Å². The molecule has 132 valence electrons. The number of anilines is 1. The highest BCUT2D eigenvalue weighted by Crippen LogP contribution is 2.38. The smallest absolute Gasteiger partial charge is 0.141 e. The van der Waals surface area contributed by atoms with Crippen molar-refractivity contribution in [1.82, 2.24) is 19.5 Å². The predicted octanol–water partition coefficient (Wildman–Crippen LogP) is 3.74. The van der Waals surface area contributed by atoms with Gasteiger partial charge in [0, 0.05) is 37.4 Å². The number of nitrogens with zero attached hydrogens (tertiary/aromatic N) is 5. The molecule has 0 fully saturated rings. The van der Waals surface area contributed by atoms with Gasteiger partial charge in [0.1, 0.15) is 28.5 Å². The monoisotopic (exact) mass is 365 g/mol. The zero-order valence-electron chi connectivity index (χ0n) is 14.9. The molecule has 0 aliphatic carbocycles. The summed E-state index contributed by atoms with van der Waals surface area (Å²) < 4.78 is 7.29. The number of hydrogen-bond acceptors (Lipinski definition) is 6. The first kappa shape index (κ1) is 16.5. The number of rotatable bonds is 5. The summed E-state index contributed by atoms with van der Waals surface area (Å²) >= 11 is 1.63. The minimum absolute atomic E-state index is 0.674. The number of methoxy groups -OCH3 is 1. The molecule has 3 heterocycles. The Labute approximate surface area is 155 Å². The molecule has 0 saturated carbocycles. The van der Waals surface area contributed by atoms with Gasteiger partial charge in [-0.1, -0.05) is 12.1 Å². The molecule has 0 atom stereocenters. The van der Waals surface area contributed by atoms with Gasteiger partial charge in [-0.05, 0) is 17.7 Å². The van der Waals surface area contributed by atoms with Gasteiger partial charge in [0.05, 0.1) is 19.0 Å². The molecule has 0 N–H and O–H groups in total. The van der Waals surface area contributed by atoms with E-state index >= 15 is 0 Å². The lowest BCUT2D eigenvalue weighted by molar-refractivity contribution is 0.415. The van der Waals surface area contributed by atoms with E-state index in [2.05, 4.69) is 37.4 Å². The molecular formula is C19H19N5OS. The molecule has 6 nitrogen and oxygen atoms in total. The van der Waals surface area contributed by atoms with Crippen LogP contribution in [0, 0.1) is 0 Å². The van der Waals surface area contributed by atoms with Crippen LogP contribution in [0.25, 0.3) is 21.3 Å². The van der Waals surface area contributed by atoms with E-state index in [4.69, 9.17) is 4.74 Å². The Morgan fingerprint density at radius 2 is 1.96 bits per heavy atom. The highest BCUT2D eigenvalue weighted by Gasteiger charge is 2.17. The lowest BCUT2D eigenvalue weighted by Gasteiger charge is -2.19. The van der Waals surface area contributed by atoms with Gasteiger partial charge in [-0.15, -0.1) is 11.3 Å². The molecule has 3 aromatic heterocycles. The number of ether oxygens (including phenoxy) is 1. The van der Waals surface area contributed by atoms with E-state index in [1.807, 2.05) is 43.2 Å². The minimum atomic E-state index is 0.674. The lowest BCUT2D eigenvalue weighted by atomic mass is 10.1. The summed E-state index contributed by atoms with van der Waals surface area (Å²) in [4.78, 5) is 16.5. The minimum Gasteiger partial charge on any atom is -0.497 e. The molecular weight excluding hydrogens is 346 g/mol. The summed E-state index contributed by atoms with van der Waals surface area (Å²) in [6.07, 6.45) is 5.39. The van der Waals surface area contributed by atoms with E-state index in [0.29, 0.717) is 6.54 Å². The number of thiophene rings is 1. The fraction of sp³-hybridized carbons (Fsp3) is 0.211. The Kier molecular flexibility index (Phi) is 4.30. The van der Waals surface area contributed by atoms with Crippen LogP contribution in [0.2, 0.25) is 0 Å². The zero-order chi connectivity index (χ0) is 18.1. The molecule has 0 saturated heterocycles. The summed E-state index contributed by atoms with van der Waals surface area (Å²) in [7, 11) is 5.71. The van der Waals surface area contributed by atoms with Gasteiger partial charge in [0.25, 0.3) is 0 Å². The van der Waals surface area contributed by atoms with E-state index < -0.39 is 0 Å². The van der Waals surface area contributed by atoms with Crippen molar-refractivity contribution >= 4 is 27.4 Å². The molecule has 1 aromatic carbocycles. The van der Waals surface area contributed by atoms with Crippen LogP contribution in [0.15, 0.2) is 48.4 Å². The number of aromatic nitrogens is 4. The predicted molar refractivity (Wildman–Crippen MR) is 105 cm³/mol. The first-order valence-corrected chi connectivity index (χ1v) is 9.09. The zero-order valence-corrected chi connectivity index (χ0v) is 15.7.